The van der Waals surface area contributed by atoms with Crippen LogP contribution in [0.15, 0.2) is 25.3 Å². The first kappa shape index (κ1) is 20.3. The smallest absolute Gasteiger partial charge is 0.0619 e. The van der Waals surface area contributed by atoms with Gasteiger partial charge in [0.25, 0.3) is 0 Å². The molecule has 0 atom stereocenters. The Bertz CT molecular complexity index is 442. The highest BCUT2D eigenvalue weighted by Gasteiger charge is 2.07. The summed E-state index contributed by atoms with van der Waals surface area (Å²) < 4.78 is 0. The number of halogens is 2. The van der Waals surface area contributed by atoms with E-state index in [9.17, 15) is 0 Å². The fraction of sp³-hybridized carbons (Fsp3) is 0.267. The largest absolute Gasteiger partial charge is 0.399 e. The SMILES string of the molecule is C=C.C=S.CC(C)(C)C#Cc1c(Cl)cc(N)cc1Cl. The summed E-state index contributed by atoms with van der Waals surface area (Å²) in [6.45, 7) is 12.1. The standard InChI is InChI=1S/C12H13Cl2N.C2H4.CH2S/c1-12(2,3)5-4-9-10(13)6-8(15)7-11(9)14;2*1-2/h6-7H,15H2,1-3H3;1-2H2;1H2. The molecule has 0 aromatic heterocycles. The Morgan fingerprint density at radius 1 is 1.11 bits per heavy atom. The normalized spacial score (nSPS) is 8.89. The fourth-order valence-corrected chi connectivity index (χ4v) is 1.56. The summed E-state index contributed by atoms with van der Waals surface area (Å²) in [6, 6.07) is 3.31. The van der Waals surface area contributed by atoms with Crippen LogP contribution in [0.1, 0.15) is 26.3 Å². The Hall–Kier alpha value is -1.01. The molecule has 2 N–H and O–H groups in total. The fourth-order valence-electron chi connectivity index (χ4n) is 0.962. The van der Waals surface area contributed by atoms with Crippen molar-refractivity contribution in [3.8, 4) is 11.8 Å². The minimum atomic E-state index is -0.0754. The van der Waals surface area contributed by atoms with E-state index < -0.39 is 0 Å². The van der Waals surface area contributed by atoms with Crippen LogP contribution in [0.2, 0.25) is 10.0 Å². The van der Waals surface area contributed by atoms with Gasteiger partial charge in [0.15, 0.2) is 0 Å². The number of hydrogen-bond donors (Lipinski definition) is 1. The van der Waals surface area contributed by atoms with Crippen molar-refractivity contribution < 1.29 is 0 Å². The minimum Gasteiger partial charge on any atom is -0.399 e. The molecule has 1 nitrogen and oxygen atoms in total. The van der Waals surface area contributed by atoms with Gasteiger partial charge in [-0.1, -0.05) is 47.3 Å². The molecule has 0 aliphatic rings. The summed E-state index contributed by atoms with van der Waals surface area (Å²) in [5, 5.41) is 0.994. The number of nitrogens with two attached hydrogens (primary N) is 1. The van der Waals surface area contributed by atoms with Crippen LogP contribution in [0, 0.1) is 17.3 Å². The van der Waals surface area contributed by atoms with E-state index in [1.54, 1.807) is 12.1 Å². The van der Waals surface area contributed by atoms with E-state index in [0.717, 1.165) is 0 Å². The maximum absolute atomic E-state index is 6.00. The molecule has 1 aromatic carbocycles. The summed E-state index contributed by atoms with van der Waals surface area (Å²) in [5.41, 5.74) is 6.71. The monoisotopic (exact) mass is 315 g/mol. The lowest BCUT2D eigenvalue weighted by Crippen LogP contribution is -1.99. The molecular formula is C15H19Cl2NS. The van der Waals surface area contributed by atoms with Crippen LogP contribution in [-0.2, 0) is 0 Å². The van der Waals surface area contributed by atoms with Crippen molar-refractivity contribution in [2.45, 2.75) is 20.8 Å². The lowest BCUT2D eigenvalue weighted by atomic mass is 9.97. The average molecular weight is 316 g/mol. The number of hydrogen-bond acceptors (Lipinski definition) is 2. The van der Waals surface area contributed by atoms with Crippen molar-refractivity contribution >= 4 is 47.0 Å². The van der Waals surface area contributed by atoms with E-state index in [0.29, 0.717) is 21.3 Å². The number of benzene rings is 1. The first-order valence-corrected chi connectivity index (χ1v) is 6.69. The van der Waals surface area contributed by atoms with Gasteiger partial charge in [0, 0.05) is 11.1 Å². The molecule has 19 heavy (non-hydrogen) atoms. The second-order valence-electron chi connectivity index (χ2n) is 4.36. The van der Waals surface area contributed by atoms with Crippen LogP contribution in [0.5, 0.6) is 0 Å². The molecule has 0 fully saturated rings. The molecule has 0 unspecified atom stereocenters. The van der Waals surface area contributed by atoms with E-state index in [4.69, 9.17) is 28.9 Å². The van der Waals surface area contributed by atoms with Gasteiger partial charge in [-0.3, -0.25) is 0 Å². The highest BCUT2D eigenvalue weighted by atomic mass is 35.5. The molecule has 0 radical (unpaired) electrons. The molecule has 104 valence electrons. The van der Waals surface area contributed by atoms with Crippen molar-refractivity contribution in [3.63, 3.8) is 0 Å². The maximum atomic E-state index is 6.00. The summed E-state index contributed by atoms with van der Waals surface area (Å²) in [5.74, 6) is 8.89. The van der Waals surface area contributed by atoms with Crippen LogP contribution < -0.4 is 5.73 Å². The molecule has 0 saturated heterocycles. The van der Waals surface area contributed by atoms with Crippen molar-refractivity contribution in [1.29, 1.82) is 0 Å². The zero-order valence-corrected chi connectivity index (χ0v) is 13.8. The lowest BCUT2D eigenvalue weighted by molar-refractivity contribution is 0.571. The Labute approximate surface area is 131 Å². The first-order valence-electron chi connectivity index (χ1n) is 5.36. The molecule has 0 aliphatic heterocycles. The highest BCUT2D eigenvalue weighted by Crippen LogP contribution is 2.27. The summed E-state index contributed by atoms with van der Waals surface area (Å²) >= 11 is 15.8. The summed E-state index contributed by atoms with van der Waals surface area (Å²) in [7, 11) is 0. The van der Waals surface area contributed by atoms with Gasteiger partial charge in [-0.25, -0.2) is 0 Å². The van der Waals surface area contributed by atoms with Gasteiger partial charge in [0.2, 0.25) is 0 Å². The van der Waals surface area contributed by atoms with Crippen molar-refractivity contribution in [2.24, 2.45) is 5.41 Å². The maximum Gasteiger partial charge on any atom is 0.0619 e. The number of anilines is 1. The van der Waals surface area contributed by atoms with E-state index >= 15 is 0 Å². The van der Waals surface area contributed by atoms with Gasteiger partial charge >= 0.3 is 0 Å². The molecule has 1 rings (SSSR count). The number of rotatable bonds is 0. The lowest BCUT2D eigenvalue weighted by Gasteiger charge is -2.08. The van der Waals surface area contributed by atoms with E-state index in [2.05, 4.69) is 43.1 Å². The molecule has 0 aliphatic carbocycles. The Balaban J connectivity index is 0. The number of nitrogen functional groups attached to an aromatic ring is 1. The van der Waals surface area contributed by atoms with Gasteiger partial charge in [0.05, 0.1) is 15.6 Å². The van der Waals surface area contributed by atoms with Crippen molar-refractivity contribution in [1.82, 2.24) is 0 Å². The molecule has 0 amide bonds. The predicted molar refractivity (Wildman–Crippen MR) is 93.2 cm³/mol. The first-order chi connectivity index (χ1) is 8.79. The third kappa shape index (κ3) is 8.67. The summed E-state index contributed by atoms with van der Waals surface area (Å²) in [6.07, 6.45) is 0. The van der Waals surface area contributed by atoms with Crippen LogP contribution in [0.4, 0.5) is 5.69 Å². The number of thiocarbonyl (C=S) groups is 1. The van der Waals surface area contributed by atoms with Crippen LogP contribution in [0.3, 0.4) is 0 Å². The molecule has 0 spiro atoms. The molecule has 4 heteroatoms. The Kier molecular flexibility index (Phi) is 10.5. The quantitative estimate of drug-likeness (QED) is 0.300. The van der Waals surface area contributed by atoms with Crippen LogP contribution >= 0.6 is 35.4 Å². The van der Waals surface area contributed by atoms with Gasteiger partial charge in [-0.15, -0.1) is 13.2 Å². The Morgan fingerprint density at radius 3 is 1.79 bits per heavy atom. The van der Waals surface area contributed by atoms with Crippen molar-refractivity contribution in [3.05, 3.63) is 40.9 Å². The third-order valence-corrected chi connectivity index (χ3v) is 2.22. The van der Waals surface area contributed by atoms with Crippen molar-refractivity contribution in [2.75, 3.05) is 5.73 Å². The van der Waals surface area contributed by atoms with Crippen LogP contribution in [-0.4, -0.2) is 5.87 Å². The second-order valence-corrected chi connectivity index (χ2v) is 5.17. The zero-order valence-electron chi connectivity index (χ0n) is 11.5. The van der Waals surface area contributed by atoms with Gasteiger partial charge in [-0.2, -0.15) is 0 Å². The third-order valence-electron chi connectivity index (χ3n) is 1.63. The van der Waals surface area contributed by atoms with Crippen LogP contribution in [0.25, 0.3) is 0 Å². The van der Waals surface area contributed by atoms with Gasteiger partial charge < -0.3 is 5.73 Å². The van der Waals surface area contributed by atoms with Gasteiger partial charge in [-0.05, 0) is 38.8 Å². The van der Waals surface area contributed by atoms with E-state index in [1.165, 1.54) is 0 Å². The average Bonchev–Trinajstić information content (AvgIpc) is 2.31. The Morgan fingerprint density at radius 2 is 1.47 bits per heavy atom. The molecule has 0 saturated carbocycles. The van der Waals surface area contributed by atoms with E-state index in [1.807, 2.05) is 20.8 Å². The molecule has 1 aromatic rings. The summed E-state index contributed by atoms with van der Waals surface area (Å²) in [4.78, 5) is 0. The predicted octanol–water partition coefficient (Wildman–Crippen LogP) is 5.39. The highest BCUT2D eigenvalue weighted by molar-refractivity contribution is 7.77. The zero-order chi connectivity index (χ0) is 15.6. The molecular weight excluding hydrogens is 297 g/mol. The minimum absolute atomic E-state index is 0.0754. The van der Waals surface area contributed by atoms with E-state index in [-0.39, 0.29) is 5.41 Å². The molecule has 0 heterocycles. The van der Waals surface area contributed by atoms with Gasteiger partial charge in [0.1, 0.15) is 0 Å². The second kappa shape index (κ2) is 9.86. The molecule has 0 bridgehead atoms. The topological polar surface area (TPSA) is 26.0 Å².